The molecule has 11 rings (SSSR count). The second-order valence-electron chi connectivity index (χ2n) is 36.4. The van der Waals surface area contributed by atoms with Crippen LogP contribution in [-0.4, -0.2) is 189 Å². The molecule has 0 unspecified atom stereocenters. The number of hydrogen-bond donors (Lipinski definition) is 1. The maximum absolute atomic E-state index is 15.7. The van der Waals surface area contributed by atoms with Gasteiger partial charge in [0.15, 0.2) is 55.7 Å². The van der Waals surface area contributed by atoms with Crippen LogP contribution >= 0.6 is 34.8 Å². The van der Waals surface area contributed by atoms with Gasteiger partial charge in [0.25, 0.3) is 9.70 Å². The molecule has 4 aliphatic rings. The number of hydrogen-bond acceptors (Lipinski definition) is 25. The molecule has 4 saturated heterocycles. The molecule has 0 saturated carbocycles. The highest BCUT2D eigenvalue weighted by atomic mass is 35.6. The Morgan fingerprint density at radius 3 is 1.10 bits per heavy atom. The van der Waals surface area contributed by atoms with E-state index >= 15 is 14.4 Å². The van der Waals surface area contributed by atoms with Crippen molar-refractivity contribution < 1.29 is 119 Å². The van der Waals surface area contributed by atoms with Crippen LogP contribution in [0.15, 0.2) is 225 Å². The van der Waals surface area contributed by atoms with Crippen molar-refractivity contribution in [3.8, 4) is 0 Å². The minimum atomic E-state index is -2.84. The van der Waals surface area contributed by atoms with Gasteiger partial charge in [-0.25, -0.2) is 4.79 Å². The average molecular weight is 1840 g/mol. The van der Waals surface area contributed by atoms with E-state index in [4.69, 9.17) is 125 Å². The van der Waals surface area contributed by atoms with E-state index in [1.54, 1.807) is 139 Å². The molecule has 0 spiro atoms. The zero-order valence-electron chi connectivity index (χ0n) is 75.4. The lowest BCUT2D eigenvalue weighted by Gasteiger charge is -2.52. The number of rotatable bonds is 39. The van der Waals surface area contributed by atoms with Crippen LogP contribution in [0.3, 0.4) is 0 Å². The first kappa shape index (κ1) is 101. The second-order valence-corrected chi connectivity index (χ2v) is 38.7. The van der Waals surface area contributed by atoms with Crippen molar-refractivity contribution in [3.63, 3.8) is 0 Å². The van der Waals surface area contributed by atoms with Crippen LogP contribution in [0.1, 0.15) is 147 Å². The van der Waals surface area contributed by atoms with Gasteiger partial charge in [-0.2, -0.15) is 0 Å². The van der Waals surface area contributed by atoms with Crippen LogP contribution in [0.5, 0.6) is 0 Å². The van der Waals surface area contributed by atoms with E-state index in [9.17, 15) is 14.4 Å². The Hall–Kier alpha value is -8.59. The summed E-state index contributed by atoms with van der Waals surface area (Å²) in [6.07, 6.45) is -27.7. The highest BCUT2D eigenvalue weighted by molar-refractivity contribution is 6.76. The molecular formula is C100H122Cl3NO25. The molecule has 698 valence electrons. The Kier molecular flexibility index (Phi) is 36.9. The lowest BCUT2D eigenvalue weighted by Crippen LogP contribution is -2.71. The SMILES string of the molecule is C=CCCCO[C@@H]1O[C@H](COCc2ccccc2)[C@@H](O[C@@H]2O[C@H](COCc3ccccc3)[C@H](OCc3ccccc3)[C@H](O[C@@H]3O[C@H](COCc4ccccc4)[C@@H](OC(=O)c4ccccc4)[C@H](O[C@@H]4O[C@@H](C)[C@@H](OC(=O)C(C)(C)C)[C@@H](OC(=O)C(C)(C)C)[C@@H]4OCc4ccccc4)[C@H]3NC(=O)C(Cl)(Cl)Cl)[C@H]2OC(=O)C(C)(C)C)[C@H](OCc2ccccc2)[C@H]1OC(=O)C(C)(C)C. The molecule has 7 aromatic rings. The first-order valence-corrected chi connectivity index (χ1v) is 44.7. The highest BCUT2D eigenvalue weighted by Crippen LogP contribution is 2.43. The van der Waals surface area contributed by atoms with E-state index in [0.29, 0.717) is 35.1 Å². The third-order valence-corrected chi connectivity index (χ3v) is 22.0. The Bertz CT molecular complexity index is 4630. The summed E-state index contributed by atoms with van der Waals surface area (Å²) in [4.78, 5) is 90.6. The molecule has 1 amide bonds. The second kappa shape index (κ2) is 47.2. The van der Waals surface area contributed by atoms with Crippen LogP contribution in [-0.2, 0) is 154 Å². The summed E-state index contributed by atoms with van der Waals surface area (Å²) < 4.78 is 131. The molecule has 20 atom stereocenters. The first-order chi connectivity index (χ1) is 61.5. The van der Waals surface area contributed by atoms with Crippen LogP contribution in [0.25, 0.3) is 0 Å². The van der Waals surface area contributed by atoms with E-state index in [1.807, 2.05) is 158 Å². The molecule has 26 nitrogen and oxygen atoms in total. The van der Waals surface area contributed by atoms with Crippen LogP contribution in [0, 0.1) is 21.7 Å². The molecule has 129 heavy (non-hydrogen) atoms. The van der Waals surface area contributed by atoms with Crippen molar-refractivity contribution in [1.82, 2.24) is 5.32 Å². The van der Waals surface area contributed by atoms with Gasteiger partial charge in [-0.05, 0) is 148 Å². The molecule has 7 aromatic carbocycles. The smallest absolute Gasteiger partial charge is 0.338 e. The van der Waals surface area contributed by atoms with Gasteiger partial charge in [-0.3, -0.25) is 24.0 Å². The lowest BCUT2D eigenvalue weighted by atomic mass is 9.92. The summed E-state index contributed by atoms with van der Waals surface area (Å²) in [5.74, 6) is -5.18. The molecular weight excluding hydrogens is 1720 g/mol. The van der Waals surface area contributed by atoms with Crippen molar-refractivity contribution >= 4 is 70.6 Å². The summed E-state index contributed by atoms with van der Waals surface area (Å²) in [5.41, 5.74) is -0.478. The van der Waals surface area contributed by atoms with Gasteiger partial charge in [-0.1, -0.05) is 241 Å². The van der Waals surface area contributed by atoms with Gasteiger partial charge in [-0.15, -0.1) is 6.58 Å². The van der Waals surface area contributed by atoms with E-state index in [-0.39, 0.29) is 65.0 Å². The van der Waals surface area contributed by atoms with Crippen LogP contribution in [0.2, 0.25) is 0 Å². The third kappa shape index (κ3) is 29.5. The van der Waals surface area contributed by atoms with Gasteiger partial charge in [0, 0.05) is 0 Å². The van der Waals surface area contributed by atoms with Crippen molar-refractivity contribution in [1.29, 1.82) is 0 Å². The van der Waals surface area contributed by atoms with Crippen molar-refractivity contribution in [2.24, 2.45) is 21.7 Å². The number of esters is 5. The van der Waals surface area contributed by atoms with E-state index in [0.717, 1.165) is 11.1 Å². The first-order valence-electron chi connectivity index (χ1n) is 43.6. The number of halogens is 3. The summed E-state index contributed by atoms with van der Waals surface area (Å²) in [7, 11) is 0. The molecule has 0 aliphatic carbocycles. The van der Waals surface area contributed by atoms with Crippen molar-refractivity contribution in [2.45, 2.75) is 269 Å². The number of nitrogens with one attached hydrogen (secondary N) is 1. The summed E-state index contributed by atoms with van der Waals surface area (Å²) in [6, 6.07) is 61.5. The van der Waals surface area contributed by atoms with E-state index in [1.165, 1.54) is 12.1 Å². The quantitative estimate of drug-likeness (QED) is 0.0123. The van der Waals surface area contributed by atoms with Crippen molar-refractivity contribution in [2.75, 3.05) is 26.4 Å². The summed E-state index contributed by atoms with van der Waals surface area (Å²) in [6.45, 7) is 24.0. The number of ether oxygens (including phenoxy) is 19. The molecule has 4 fully saturated rings. The fourth-order valence-electron chi connectivity index (χ4n) is 14.4. The molecule has 4 heterocycles. The highest BCUT2D eigenvalue weighted by Gasteiger charge is 2.62. The topological polar surface area (TPSA) is 290 Å². The lowest BCUT2D eigenvalue weighted by molar-refractivity contribution is -0.387. The number of carbonyl (C=O) groups is 6. The molecule has 0 radical (unpaired) electrons. The number of amides is 1. The van der Waals surface area contributed by atoms with Gasteiger partial charge < -0.3 is 95.3 Å². The number of benzene rings is 7. The minimum Gasteiger partial charge on any atom is -0.455 e. The fourth-order valence-corrected chi connectivity index (χ4v) is 14.6. The Morgan fingerprint density at radius 1 is 0.349 bits per heavy atom. The summed E-state index contributed by atoms with van der Waals surface area (Å²) in [5, 5.41) is 2.87. The predicted molar refractivity (Wildman–Crippen MR) is 479 cm³/mol. The Morgan fingerprint density at radius 2 is 0.682 bits per heavy atom. The predicted octanol–water partition coefficient (Wildman–Crippen LogP) is 16.4. The van der Waals surface area contributed by atoms with E-state index < -0.39 is 191 Å². The average Bonchev–Trinajstić information content (AvgIpc) is 0.750. The molecule has 1 N–H and O–H groups in total. The minimum absolute atomic E-state index is 0.00484. The standard InChI is InChI=1S/C100H122Cl3NO25/c1-15-16-38-53-114-88-84(128-94(109)98(9,10)11)80(116-58-68-47-32-21-33-48-68)78(73(120-88)62-113-56-66-43-28-19-29-44-66)123-90-85(129-95(110)99(12,13)14)82(76(115-57-67-45-30-20-31-46-67)71(121-90)60-111-54-64-39-24-17-25-40-64)125-87-74(104-91(106)100(101,102)103)79(77(122-86(105)70-51-36-23-37-52-70)72(119-87)61-112-55-65-41-26-18-27-42-65)124-89-83(117-59-69-49-34-22-35-50-69)81(127-93(108)97(6,7)8)75(63(2)118-89)126-92(107)96(3,4)5/h15,17-37,39-52,63,71-85,87-90H,1,16,38,53-62H2,2-14H3,(H,104,106)/t63-,71+,72+,73+,74+,75+,76-,77+,78+,79+,80-,81+,82-,83-,84+,85+,87-,88+,89-,90-/m0/s1. The van der Waals surface area contributed by atoms with E-state index in [2.05, 4.69) is 11.9 Å². The van der Waals surface area contributed by atoms with Crippen molar-refractivity contribution in [3.05, 3.63) is 264 Å². The zero-order chi connectivity index (χ0) is 92.6. The molecule has 29 heteroatoms. The maximum atomic E-state index is 15.7. The third-order valence-electron chi connectivity index (χ3n) is 21.5. The number of allylic oxidation sites excluding steroid dienone is 1. The molecule has 4 aliphatic heterocycles. The molecule has 0 bridgehead atoms. The normalized spacial score (nSPS) is 26.3. The van der Waals surface area contributed by atoms with Crippen LogP contribution in [0.4, 0.5) is 0 Å². The van der Waals surface area contributed by atoms with Gasteiger partial charge in [0.05, 0.1) is 99.4 Å². The molecule has 0 aromatic heterocycles. The van der Waals surface area contributed by atoms with Gasteiger partial charge >= 0.3 is 29.8 Å². The fraction of sp³-hybridized carbons (Fsp3) is 0.500. The van der Waals surface area contributed by atoms with Gasteiger partial charge in [0.1, 0.15) is 61.0 Å². The monoisotopic (exact) mass is 1840 g/mol. The Balaban J connectivity index is 1.15. The number of carbonyl (C=O) groups excluding carboxylic acids is 6. The summed E-state index contributed by atoms with van der Waals surface area (Å²) >= 11 is 20.3. The number of alkyl halides is 3. The maximum Gasteiger partial charge on any atom is 0.338 e. The Labute approximate surface area is 771 Å². The number of unbranched alkanes of at least 4 members (excludes halogenated alkanes) is 1. The largest absolute Gasteiger partial charge is 0.455 e. The van der Waals surface area contributed by atoms with Gasteiger partial charge in [0.2, 0.25) is 0 Å². The van der Waals surface area contributed by atoms with Crippen LogP contribution < -0.4 is 5.32 Å². The zero-order valence-corrected chi connectivity index (χ0v) is 77.6.